The van der Waals surface area contributed by atoms with Gasteiger partial charge in [0.25, 0.3) is 5.91 Å². The Bertz CT molecular complexity index is 721. The minimum atomic E-state index is -0.112. The molecule has 1 unspecified atom stereocenters. The molecule has 126 valence electrons. The predicted molar refractivity (Wildman–Crippen MR) is 86.6 cm³/mol. The summed E-state index contributed by atoms with van der Waals surface area (Å²) >= 11 is 0. The van der Waals surface area contributed by atoms with Gasteiger partial charge in [0.1, 0.15) is 11.8 Å². The van der Waals surface area contributed by atoms with Gasteiger partial charge in [0.15, 0.2) is 12.4 Å². The topological polar surface area (TPSA) is 68.5 Å². The van der Waals surface area contributed by atoms with E-state index >= 15 is 0 Å². The van der Waals surface area contributed by atoms with Gasteiger partial charge in [-0.05, 0) is 44.7 Å². The lowest BCUT2D eigenvalue weighted by molar-refractivity contribution is -0.134. The minimum absolute atomic E-state index is 0.0309. The van der Waals surface area contributed by atoms with E-state index in [1.165, 1.54) is 0 Å². The van der Waals surface area contributed by atoms with E-state index in [2.05, 4.69) is 10.1 Å². The van der Waals surface area contributed by atoms with Crippen molar-refractivity contribution >= 4 is 5.91 Å². The van der Waals surface area contributed by atoms with Crippen LogP contribution in [0.5, 0.6) is 5.75 Å². The molecule has 24 heavy (non-hydrogen) atoms. The molecule has 2 aromatic rings. The second-order valence-electron chi connectivity index (χ2n) is 6.61. The fourth-order valence-corrected chi connectivity index (χ4v) is 3.07. The molecule has 1 aromatic carbocycles. The number of hydrogen-bond donors (Lipinski definition) is 0. The zero-order valence-corrected chi connectivity index (χ0v) is 13.8. The Morgan fingerprint density at radius 2 is 2.08 bits per heavy atom. The average molecular weight is 327 g/mol. The molecule has 1 atom stereocenters. The van der Waals surface area contributed by atoms with Crippen LogP contribution in [0.25, 0.3) is 0 Å². The van der Waals surface area contributed by atoms with Crippen molar-refractivity contribution in [3.05, 3.63) is 41.5 Å². The summed E-state index contributed by atoms with van der Waals surface area (Å²) in [6.45, 7) is 2.76. The van der Waals surface area contributed by atoms with Crippen molar-refractivity contribution in [1.82, 2.24) is 15.0 Å². The third-order valence-electron chi connectivity index (χ3n) is 4.64. The molecule has 2 heterocycles. The van der Waals surface area contributed by atoms with Crippen LogP contribution >= 0.6 is 0 Å². The van der Waals surface area contributed by atoms with E-state index in [1.807, 2.05) is 31.2 Å². The summed E-state index contributed by atoms with van der Waals surface area (Å²) in [5.74, 6) is 2.49. The van der Waals surface area contributed by atoms with Crippen molar-refractivity contribution in [1.29, 1.82) is 0 Å². The van der Waals surface area contributed by atoms with Gasteiger partial charge in [-0.25, -0.2) is 0 Å². The number of rotatable bonds is 5. The SMILES string of the molecule is Cc1ccc(OCC(=O)N2CCCC2c2nc(C3CC3)no2)cc1. The molecule has 1 aliphatic heterocycles. The van der Waals surface area contributed by atoms with Crippen molar-refractivity contribution in [3.63, 3.8) is 0 Å². The van der Waals surface area contributed by atoms with Crippen LogP contribution in [0.4, 0.5) is 0 Å². The molecule has 1 saturated carbocycles. The zero-order valence-electron chi connectivity index (χ0n) is 13.8. The van der Waals surface area contributed by atoms with E-state index in [9.17, 15) is 4.79 Å². The van der Waals surface area contributed by atoms with Crippen LogP contribution in [0.1, 0.15) is 54.9 Å². The number of benzene rings is 1. The molecule has 2 fully saturated rings. The molecule has 1 saturated heterocycles. The molecule has 1 amide bonds. The first-order chi connectivity index (χ1) is 11.7. The quantitative estimate of drug-likeness (QED) is 0.844. The Kier molecular flexibility index (Phi) is 3.96. The molecular formula is C18H21N3O3. The monoisotopic (exact) mass is 327 g/mol. The smallest absolute Gasteiger partial charge is 0.261 e. The van der Waals surface area contributed by atoms with Gasteiger partial charge in [-0.1, -0.05) is 22.9 Å². The fraction of sp³-hybridized carbons (Fsp3) is 0.500. The number of likely N-dealkylation sites (tertiary alicyclic amines) is 1. The van der Waals surface area contributed by atoms with Crippen LogP contribution in [0.3, 0.4) is 0 Å². The van der Waals surface area contributed by atoms with Crippen LogP contribution < -0.4 is 4.74 Å². The summed E-state index contributed by atoms with van der Waals surface area (Å²) in [4.78, 5) is 18.8. The minimum Gasteiger partial charge on any atom is -0.484 e. The normalized spacial score (nSPS) is 20.4. The molecule has 1 aliphatic carbocycles. The molecule has 0 radical (unpaired) electrons. The van der Waals surface area contributed by atoms with Gasteiger partial charge in [-0.3, -0.25) is 4.79 Å². The predicted octanol–water partition coefficient (Wildman–Crippen LogP) is 3.00. The van der Waals surface area contributed by atoms with Gasteiger partial charge in [-0.2, -0.15) is 4.98 Å². The number of amides is 1. The van der Waals surface area contributed by atoms with Crippen LogP contribution in [0.15, 0.2) is 28.8 Å². The van der Waals surface area contributed by atoms with Gasteiger partial charge < -0.3 is 14.2 Å². The third kappa shape index (κ3) is 3.13. The largest absolute Gasteiger partial charge is 0.484 e. The average Bonchev–Trinajstić information content (AvgIpc) is 3.12. The van der Waals surface area contributed by atoms with Gasteiger partial charge in [0, 0.05) is 12.5 Å². The zero-order chi connectivity index (χ0) is 16.5. The van der Waals surface area contributed by atoms with Crippen LogP contribution in [0.2, 0.25) is 0 Å². The Hall–Kier alpha value is -2.37. The number of carbonyl (C=O) groups is 1. The maximum absolute atomic E-state index is 12.5. The number of ether oxygens (including phenoxy) is 1. The van der Waals surface area contributed by atoms with Crippen LogP contribution in [0, 0.1) is 6.92 Å². The lowest BCUT2D eigenvalue weighted by atomic mass is 10.2. The second-order valence-corrected chi connectivity index (χ2v) is 6.61. The van der Waals surface area contributed by atoms with E-state index in [0.29, 0.717) is 24.1 Å². The molecule has 6 nitrogen and oxygen atoms in total. The molecule has 0 N–H and O–H groups in total. The van der Waals surface area contributed by atoms with Gasteiger partial charge >= 0.3 is 0 Å². The van der Waals surface area contributed by atoms with Gasteiger partial charge in [0.05, 0.1) is 0 Å². The molecular weight excluding hydrogens is 306 g/mol. The standard InChI is InChI=1S/C18H21N3O3/c1-12-4-8-14(9-5-12)23-11-16(22)21-10-2-3-15(21)18-19-17(20-24-18)13-6-7-13/h4-5,8-9,13,15H,2-3,6-7,10-11H2,1H3. The molecule has 1 aromatic heterocycles. The van der Waals surface area contributed by atoms with Crippen molar-refractivity contribution in [2.24, 2.45) is 0 Å². The first-order valence-electron chi connectivity index (χ1n) is 8.53. The molecule has 2 aliphatic rings. The first kappa shape index (κ1) is 15.2. The van der Waals surface area contributed by atoms with Crippen molar-refractivity contribution in [3.8, 4) is 5.75 Å². The first-order valence-corrected chi connectivity index (χ1v) is 8.53. The number of aromatic nitrogens is 2. The third-order valence-corrected chi connectivity index (χ3v) is 4.64. The number of nitrogens with zero attached hydrogens (tertiary/aromatic N) is 3. The highest BCUT2D eigenvalue weighted by Gasteiger charge is 2.36. The van der Waals surface area contributed by atoms with Crippen LogP contribution in [-0.4, -0.2) is 34.1 Å². The Balaban J connectivity index is 1.39. The highest BCUT2D eigenvalue weighted by molar-refractivity contribution is 5.78. The summed E-state index contributed by atoms with van der Waals surface area (Å²) in [6.07, 6.45) is 4.08. The maximum atomic E-state index is 12.5. The summed E-state index contributed by atoms with van der Waals surface area (Å²) in [5, 5.41) is 4.06. The highest BCUT2D eigenvalue weighted by Crippen LogP contribution is 2.39. The Labute approximate surface area is 140 Å². The van der Waals surface area contributed by atoms with E-state index in [4.69, 9.17) is 9.26 Å². The second kappa shape index (κ2) is 6.26. The van der Waals surface area contributed by atoms with E-state index in [1.54, 1.807) is 4.90 Å². The molecule has 4 rings (SSSR count). The highest BCUT2D eigenvalue weighted by atomic mass is 16.5. The van der Waals surface area contributed by atoms with Gasteiger partial charge in [0.2, 0.25) is 5.89 Å². The molecule has 6 heteroatoms. The molecule has 0 bridgehead atoms. The Morgan fingerprint density at radius 3 is 2.83 bits per heavy atom. The van der Waals surface area contributed by atoms with Crippen molar-refractivity contribution in [2.75, 3.05) is 13.2 Å². The summed E-state index contributed by atoms with van der Waals surface area (Å²) in [5.41, 5.74) is 1.16. The summed E-state index contributed by atoms with van der Waals surface area (Å²) in [7, 11) is 0. The van der Waals surface area contributed by atoms with Crippen LogP contribution in [-0.2, 0) is 4.79 Å². The van der Waals surface area contributed by atoms with E-state index in [0.717, 1.165) is 37.1 Å². The maximum Gasteiger partial charge on any atom is 0.261 e. The summed E-state index contributed by atoms with van der Waals surface area (Å²) < 4.78 is 11.0. The van der Waals surface area contributed by atoms with E-state index in [-0.39, 0.29) is 18.6 Å². The van der Waals surface area contributed by atoms with Crippen molar-refractivity contribution in [2.45, 2.75) is 44.6 Å². The fourth-order valence-electron chi connectivity index (χ4n) is 3.07. The lowest BCUT2D eigenvalue weighted by Gasteiger charge is -2.21. The summed E-state index contributed by atoms with van der Waals surface area (Å²) in [6, 6.07) is 7.58. The number of hydrogen-bond acceptors (Lipinski definition) is 5. The number of carbonyl (C=O) groups excluding carboxylic acids is 1. The van der Waals surface area contributed by atoms with Gasteiger partial charge in [-0.15, -0.1) is 0 Å². The van der Waals surface area contributed by atoms with Crippen molar-refractivity contribution < 1.29 is 14.1 Å². The van der Waals surface area contributed by atoms with E-state index < -0.39 is 0 Å². The Morgan fingerprint density at radius 1 is 1.29 bits per heavy atom. The number of aryl methyl sites for hydroxylation is 1. The molecule has 0 spiro atoms. The lowest BCUT2D eigenvalue weighted by Crippen LogP contribution is -2.34.